The van der Waals surface area contributed by atoms with Crippen LogP contribution in [0.2, 0.25) is 0 Å². The maximum absolute atomic E-state index is 5.54. The molecule has 0 spiro atoms. The van der Waals surface area contributed by atoms with Crippen molar-refractivity contribution in [2.75, 3.05) is 31.7 Å². The molecular weight excluding hydrogens is 320 g/mol. The van der Waals surface area contributed by atoms with E-state index in [1.54, 1.807) is 0 Å². The molecule has 6 nitrogen and oxygen atoms in total. The van der Waals surface area contributed by atoms with Crippen molar-refractivity contribution in [1.82, 2.24) is 0 Å². The van der Waals surface area contributed by atoms with Gasteiger partial charge in [0.15, 0.2) is 23.0 Å². The Hall–Kier alpha value is -3.33. The van der Waals surface area contributed by atoms with E-state index in [1.165, 1.54) is 0 Å². The molecule has 0 bridgehead atoms. The molecule has 2 aromatic carbocycles. The molecule has 0 saturated heterocycles. The van der Waals surface area contributed by atoms with Crippen molar-refractivity contribution in [3.05, 3.63) is 41.5 Å². The third-order valence-corrected chi connectivity index (χ3v) is 4.41. The van der Waals surface area contributed by atoms with Gasteiger partial charge < -0.3 is 23.8 Å². The van der Waals surface area contributed by atoms with Crippen molar-refractivity contribution < 1.29 is 18.9 Å². The minimum atomic E-state index is 0.226. The van der Waals surface area contributed by atoms with E-state index in [-0.39, 0.29) is 13.6 Å². The highest BCUT2D eigenvalue weighted by atomic mass is 16.7. The fraction of sp³-hybridized carbons (Fsp3) is 0.211. The van der Waals surface area contributed by atoms with Gasteiger partial charge in [-0.2, -0.15) is 0 Å². The van der Waals surface area contributed by atoms with Gasteiger partial charge in [0, 0.05) is 17.2 Å². The van der Waals surface area contributed by atoms with Crippen LogP contribution in [0.25, 0.3) is 0 Å². The Kier molecular flexibility index (Phi) is 3.01. The highest BCUT2D eigenvalue weighted by Crippen LogP contribution is 2.41. The molecule has 0 aliphatic carbocycles. The number of nitrogens with zero attached hydrogens (tertiary/aromatic N) is 2. The van der Waals surface area contributed by atoms with Gasteiger partial charge in [0.2, 0.25) is 13.6 Å². The summed E-state index contributed by atoms with van der Waals surface area (Å²) in [7, 11) is 0. The number of hydrogen-bond donors (Lipinski definition) is 0. The van der Waals surface area contributed by atoms with Gasteiger partial charge in [-0.05, 0) is 24.3 Å². The fourth-order valence-electron chi connectivity index (χ4n) is 3.24. The highest BCUT2D eigenvalue weighted by Gasteiger charge is 2.27. The molecule has 0 amide bonds. The first-order chi connectivity index (χ1) is 12.3. The zero-order valence-electron chi connectivity index (χ0n) is 13.3. The summed E-state index contributed by atoms with van der Waals surface area (Å²) in [6.45, 7) is 1.44. The molecule has 5 rings (SSSR count). The zero-order valence-corrected chi connectivity index (χ0v) is 13.3. The number of benzene rings is 2. The zero-order chi connectivity index (χ0) is 16.8. The lowest BCUT2D eigenvalue weighted by atomic mass is 9.97. The van der Waals surface area contributed by atoms with Gasteiger partial charge >= 0.3 is 0 Å². The van der Waals surface area contributed by atoms with Crippen molar-refractivity contribution >= 4 is 11.4 Å². The standard InChI is InChI=1S/C19H14N2O4/c1-2-5-21-9-20-19(12-3-4-15-16(6-12)23-10-22-15)13-7-17-18(8-14(13)21)25-11-24-17/h1,3-4,6-8H,5,9-11H2. The molecule has 124 valence electrons. The van der Waals surface area contributed by atoms with E-state index in [1.807, 2.05) is 35.2 Å². The predicted octanol–water partition coefficient (Wildman–Crippen LogP) is 2.39. The average Bonchev–Trinajstić information content (AvgIpc) is 3.28. The number of aliphatic imine (C=N–C) groups is 1. The summed E-state index contributed by atoms with van der Waals surface area (Å²) in [5.74, 6) is 5.61. The minimum absolute atomic E-state index is 0.226. The van der Waals surface area contributed by atoms with Gasteiger partial charge in [0.1, 0.15) is 6.67 Å². The van der Waals surface area contributed by atoms with Crippen LogP contribution in [0.5, 0.6) is 23.0 Å². The number of ether oxygens (including phenoxy) is 4. The Morgan fingerprint density at radius 2 is 1.68 bits per heavy atom. The topological polar surface area (TPSA) is 52.5 Å². The number of rotatable bonds is 2. The Morgan fingerprint density at radius 1 is 0.960 bits per heavy atom. The SMILES string of the molecule is C#CCN1CN=C(c2ccc3c(c2)OCO3)c2cc3c(cc21)OCO3. The second-order valence-electron chi connectivity index (χ2n) is 5.84. The smallest absolute Gasteiger partial charge is 0.231 e. The summed E-state index contributed by atoms with van der Waals surface area (Å²) in [6, 6.07) is 9.77. The first-order valence-corrected chi connectivity index (χ1v) is 7.90. The molecule has 25 heavy (non-hydrogen) atoms. The lowest BCUT2D eigenvalue weighted by molar-refractivity contribution is 0.173. The van der Waals surface area contributed by atoms with Crippen molar-refractivity contribution in [3.63, 3.8) is 0 Å². The Balaban J connectivity index is 1.64. The van der Waals surface area contributed by atoms with Crippen molar-refractivity contribution in [2.24, 2.45) is 4.99 Å². The second-order valence-corrected chi connectivity index (χ2v) is 5.84. The van der Waals surface area contributed by atoms with E-state index in [9.17, 15) is 0 Å². The van der Waals surface area contributed by atoms with Crippen LogP contribution in [0.15, 0.2) is 35.3 Å². The van der Waals surface area contributed by atoms with Crippen molar-refractivity contribution in [1.29, 1.82) is 0 Å². The van der Waals surface area contributed by atoms with Gasteiger partial charge in [-0.3, -0.25) is 4.99 Å². The Bertz CT molecular complexity index is 945. The maximum atomic E-state index is 5.54. The molecule has 2 aromatic rings. The third kappa shape index (κ3) is 2.17. The summed E-state index contributed by atoms with van der Waals surface area (Å²) in [4.78, 5) is 6.78. The normalized spacial score (nSPS) is 16.3. The molecule has 3 aliphatic rings. The van der Waals surface area contributed by atoms with Gasteiger partial charge in [0.25, 0.3) is 0 Å². The first-order valence-electron chi connectivity index (χ1n) is 7.90. The van der Waals surface area contributed by atoms with E-state index < -0.39 is 0 Å². The van der Waals surface area contributed by atoms with Gasteiger partial charge in [-0.1, -0.05) is 5.92 Å². The molecule has 0 aromatic heterocycles. The summed E-state index contributed by atoms with van der Waals surface area (Å²) >= 11 is 0. The van der Waals surface area contributed by atoms with E-state index >= 15 is 0 Å². The van der Waals surface area contributed by atoms with Crippen LogP contribution >= 0.6 is 0 Å². The van der Waals surface area contributed by atoms with Gasteiger partial charge in [0.05, 0.1) is 17.9 Å². The molecule has 0 saturated carbocycles. The molecule has 3 aliphatic heterocycles. The molecular formula is C19H14N2O4. The largest absolute Gasteiger partial charge is 0.454 e. The average molecular weight is 334 g/mol. The molecule has 0 fully saturated rings. The molecule has 3 heterocycles. The van der Waals surface area contributed by atoms with Crippen LogP contribution in [-0.4, -0.2) is 32.5 Å². The van der Waals surface area contributed by atoms with Gasteiger partial charge in [-0.25, -0.2) is 0 Å². The van der Waals surface area contributed by atoms with E-state index in [0.717, 1.165) is 45.5 Å². The monoisotopic (exact) mass is 334 g/mol. The van der Waals surface area contributed by atoms with E-state index in [4.69, 9.17) is 30.4 Å². The van der Waals surface area contributed by atoms with Crippen molar-refractivity contribution in [3.8, 4) is 35.3 Å². The quantitative estimate of drug-likeness (QED) is 0.790. The summed E-state index contributed by atoms with van der Waals surface area (Å²) in [6.07, 6.45) is 5.51. The highest BCUT2D eigenvalue weighted by molar-refractivity contribution is 6.17. The van der Waals surface area contributed by atoms with Crippen LogP contribution < -0.4 is 23.8 Å². The predicted molar refractivity (Wildman–Crippen MR) is 91.8 cm³/mol. The van der Waals surface area contributed by atoms with Gasteiger partial charge in [-0.15, -0.1) is 6.42 Å². The van der Waals surface area contributed by atoms with Crippen LogP contribution in [0.4, 0.5) is 5.69 Å². The maximum Gasteiger partial charge on any atom is 0.231 e. The second kappa shape index (κ2) is 5.35. The first kappa shape index (κ1) is 14.1. The molecule has 0 radical (unpaired) electrons. The number of anilines is 1. The Morgan fingerprint density at radius 3 is 2.48 bits per heavy atom. The third-order valence-electron chi connectivity index (χ3n) is 4.41. The fourth-order valence-corrected chi connectivity index (χ4v) is 3.24. The van der Waals surface area contributed by atoms with E-state index in [0.29, 0.717) is 13.2 Å². The lowest BCUT2D eigenvalue weighted by Crippen LogP contribution is -2.30. The summed E-state index contributed by atoms with van der Waals surface area (Å²) in [5, 5.41) is 0. The summed E-state index contributed by atoms with van der Waals surface area (Å²) in [5.41, 5.74) is 3.79. The molecule has 6 heteroatoms. The summed E-state index contributed by atoms with van der Waals surface area (Å²) < 4.78 is 21.9. The van der Waals surface area contributed by atoms with Crippen LogP contribution in [0, 0.1) is 12.3 Å². The minimum Gasteiger partial charge on any atom is -0.454 e. The number of terminal acetylenes is 1. The van der Waals surface area contributed by atoms with Crippen LogP contribution in [-0.2, 0) is 0 Å². The van der Waals surface area contributed by atoms with Crippen LogP contribution in [0.3, 0.4) is 0 Å². The number of hydrogen-bond acceptors (Lipinski definition) is 6. The van der Waals surface area contributed by atoms with Crippen LogP contribution in [0.1, 0.15) is 11.1 Å². The molecule has 0 unspecified atom stereocenters. The molecule has 0 atom stereocenters. The molecule has 0 N–H and O–H groups in total. The number of fused-ring (bicyclic) bond motifs is 3. The van der Waals surface area contributed by atoms with E-state index in [2.05, 4.69) is 5.92 Å². The van der Waals surface area contributed by atoms with Crippen molar-refractivity contribution in [2.45, 2.75) is 0 Å². The Labute approximate surface area is 144 Å². The lowest BCUT2D eigenvalue weighted by Gasteiger charge is -2.29.